The number of carbonyl (C=O) groups excluding carboxylic acids is 1. The van der Waals surface area contributed by atoms with Gasteiger partial charge < -0.3 is 10.1 Å². The summed E-state index contributed by atoms with van der Waals surface area (Å²) in [6.07, 6.45) is 0.200. The molecule has 0 spiro atoms. The Morgan fingerprint density at radius 3 is 2.45 bits per heavy atom. The van der Waals surface area contributed by atoms with Gasteiger partial charge in [-0.1, -0.05) is 0 Å². The largest absolute Gasteiger partial charge is 0.384 e. The molecule has 0 saturated heterocycles. The van der Waals surface area contributed by atoms with E-state index in [1.165, 1.54) is 7.11 Å². The van der Waals surface area contributed by atoms with E-state index in [9.17, 15) is 23.3 Å². The molecular formula is C12H17N3O6S. The first-order valence-electron chi connectivity index (χ1n) is 6.36. The van der Waals surface area contributed by atoms with Gasteiger partial charge in [0.2, 0.25) is 15.9 Å². The molecule has 1 aromatic rings. The smallest absolute Gasteiger partial charge is 0.269 e. The predicted octanol–water partition coefficient (Wildman–Crippen LogP) is 0.0258. The van der Waals surface area contributed by atoms with Gasteiger partial charge in [0.15, 0.2) is 0 Å². The van der Waals surface area contributed by atoms with Crippen molar-refractivity contribution in [2.24, 2.45) is 0 Å². The highest BCUT2D eigenvalue weighted by atomic mass is 32.2. The second-order valence-corrected chi connectivity index (χ2v) is 6.01. The van der Waals surface area contributed by atoms with Crippen LogP contribution in [0.1, 0.15) is 6.42 Å². The summed E-state index contributed by atoms with van der Waals surface area (Å²) in [5.74, 6) is -0.239. The van der Waals surface area contributed by atoms with Crippen LogP contribution in [0.25, 0.3) is 0 Å². The highest BCUT2D eigenvalue weighted by Gasteiger charge is 2.15. The number of ether oxygens (including phenoxy) is 1. The van der Waals surface area contributed by atoms with E-state index < -0.39 is 14.9 Å². The average molecular weight is 331 g/mol. The Labute approximate surface area is 127 Å². The summed E-state index contributed by atoms with van der Waals surface area (Å²) >= 11 is 0. The lowest BCUT2D eigenvalue weighted by atomic mass is 10.3. The van der Waals surface area contributed by atoms with Gasteiger partial charge in [-0.3, -0.25) is 14.9 Å². The fraction of sp³-hybridized carbons (Fsp3) is 0.417. The van der Waals surface area contributed by atoms with Gasteiger partial charge in [-0.15, -0.1) is 0 Å². The Bertz CT molecular complexity index is 614. The van der Waals surface area contributed by atoms with Crippen molar-refractivity contribution in [1.29, 1.82) is 0 Å². The van der Waals surface area contributed by atoms with Crippen LogP contribution in [0.2, 0.25) is 0 Å². The van der Waals surface area contributed by atoms with Gasteiger partial charge >= 0.3 is 0 Å². The molecule has 2 N–H and O–H groups in total. The molecule has 9 nitrogen and oxygen atoms in total. The average Bonchev–Trinajstić information content (AvgIpc) is 2.49. The molecule has 0 unspecified atom stereocenters. The van der Waals surface area contributed by atoms with E-state index in [4.69, 9.17) is 4.74 Å². The van der Waals surface area contributed by atoms with Crippen LogP contribution in [0.4, 0.5) is 5.69 Å². The topological polar surface area (TPSA) is 128 Å². The molecule has 0 aliphatic carbocycles. The molecule has 0 saturated carbocycles. The number of hydrogen-bond acceptors (Lipinski definition) is 6. The number of nitro benzene ring substituents is 1. The summed E-state index contributed by atoms with van der Waals surface area (Å²) in [5, 5.41) is 13.0. The van der Waals surface area contributed by atoms with Crippen LogP contribution in [0.15, 0.2) is 29.2 Å². The van der Waals surface area contributed by atoms with E-state index >= 15 is 0 Å². The monoisotopic (exact) mass is 331 g/mol. The molecular weight excluding hydrogens is 314 g/mol. The van der Waals surface area contributed by atoms with Crippen molar-refractivity contribution in [3.8, 4) is 0 Å². The highest BCUT2D eigenvalue weighted by molar-refractivity contribution is 7.89. The quantitative estimate of drug-likeness (QED) is 0.373. The number of benzene rings is 1. The molecule has 0 atom stereocenters. The molecule has 0 aliphatic heterocycles. The second-order valence-electron chi connectivity index (χ2n) is 4.24. The van der Waals surface area contributed by atoms with Gasteiger partial charge in [0, 0.05) is 38.8 Å². The molecule has 122 valence electrons. The van der Waals surface area contributed by atoms with Crippen molar-refractivity contribution in [3.63, 3.8) is 0 Å². The maximum atomic E-state index is 11.9. The van der Waals surface area contributed by atoms with Gasteiger partial charge in [0.05, 0.1) is 16.4 Å². The van der Waals surface area contributed by atoms with Crippen LogP contribution in [0.3, 0.4) is 0 Å². The number of nitrogens with one attached hydrogen (secondary N) is 2. The molecule has 0 aromatic heterocycles. The fourth-order valence-corrected chi connectivity index (χ4v) is 2.53. The van der Waals surface area contributed by atoms with Crippen molar-refractivity contribution in [3.05, 3.63) is 34.4 Å². The summed E-state index contributed by atoms with van der Waals surface area (Å²) in [6, 6.07) is 4.53. The van der Waals surface area contributed by atoms with Crippen LogP contribution in [-0.4, -0.2) is 46.1 Å². The summed E-state index contributed by atoms with van der Waals surface area (Å²) in [6.45, 7) is 0.438. The minimum atomic E-state index is -3.77. The van der Waals surface area contributed by atoms with E-state index in [0.29, 0.717) is 6.61 Å². The minimum Gasteiger partial charge on any atom is -0.384 e. The molecule has 0 heterocycles. The fourth-order valence-electron chi connectivity index (χ4n) is 1.50. The molecule has 1 amide bonds. The summed E-state index contributed by atoms with van der Waals surface area (Å²) in [7, 11) is -2.29. The zero-order valence-electron chi connectivity index (χ0n) is 11.9. The van der Waals surface area contributed by atoms with E-state index in [0.717, 1.165) is 24.3 Å². The maximum absolute atomic E-state index is 11.9. The molecule has 22 heavy (non-hydrogen) atoms. The standard InChI is InChI=1S/C12H17N3O6S/c1-21-9-6-12(16)13-7-8-14-22(19,20)11-4-2-10(3-5-11)15(17)18/h2-5,14H,6-9H2,1H3,(H,13,16). The summed E-state index contributed by atoms with van der Waals surface area (Å²) in [5.41, 5.74) is -0.190. The molecule has 0 fully saturated rings. The normalized spacial score (nSPS) is 11.1. The summed E-state index contributed by atoms with van der Waals surface area (Å²) in [4.78, 5) is 21.1. The number of methoxy groups -OCH3 is 1. The van der Waals surface area contributed by atoms with E-state index in [1.54, 1.807) is 0 Å². The van der Waals surface area contributed by atoms with Gasteiger partial charge in [0.25, 0.3) is 5.69 Å². The first-order chi connectivity index (χ1) is 10.4. The van der Waals surface area contributed by atoms with Crippen molar-refractivity contribution in [1.82, 2.24) is 10.0 Å². The number of non-ortho nitro benzene ring substituents is 1. The van der Waals surface area contributed by atoms with Gasteiger partial charge in [-0.2, -0.15) is 0 Å². The Morgan fingerprint density at radius 1 is 1.27 bits per heavy atom. The first kappa shape index (κ1) is 18.0. The minimum absolute atomic E-state index is 0.0119. The predicted molar refractivity (Wildman–Crippen MR) is 77.8 cm³/mol. The highest BCUT2D eigenvalue weighted by Crippen LogP contribution is 2.15. The van der Waals surface area contributed by atoms with Crippen molar-refractivity contribution >= 4 is 21.6 Å². The third-order valence-corrected chi connectivity index (χ3v) is 4.11. The molecule has 0 bridgehead atoms. The maximum Gasteiger partial charge on any atom is 0.269 e. The van der Waals surface area contributed by atoms with E-state index in [-0.39, 0.29) is 36.0 Å². The number of nitrogens with zero attached hydrogens (tertiary/aromatic N) is 1. The number of hydrogen-bond donors (Lipinski definition) is 2. The van der Waals surface area contributed by atoms with E-state index in [1.807, 2.05) is 0 Å². The Kier molecular flexibility index (Phi) is 6.89. The Hall–Kier alpha value is -2.04. The first-order valence-corrected chi connectivity index (χ1v) is 7.85. The molecule has 1 rings (SSSR count). The zero-order valence-corrected chi connectivity index (χ0v) is 12.8. The number of rotatable bonds is 9. The third kappa shape index (κ3) is 5.76. The Balaban J connectivity index is 2.47. The number of sulfonamides is 1. The molecule has 1 aromatic carbocycles. The lowest BCUT2D eigenvalue weighted by Gasteiger charge is -2.08. The molecule has 0 radical (unpaired) electrons. The third-order valence-electron chi connectivity index (χ3n) is 2.63. The Morgan fingerprint density at radius 2 is 1.91 bits per heavy atom. The van der Waals surface area contributed by atoms with Crippen LogP contribution < -0.4 is 10.0 Å². The van der Waals surface area contributed by atoms with Gasteiger partial charge in [0.1, 0.15) is 0 Å². The number of amides is 1. The second kappa shape index (κ2) is 8.41. The van der Waals surface area contributed by atoms with Crippen LogP contribution in [0.5, 0.6) is 0 Å². The SMILES string of the molecule is COCCC(=O)NCCNS(=O)(=O)c1ccc([N+](=O)[O-])cc1. The zero-order chi connectivity index (χ0) is 16.6. The summed E-state index contributed by atoms with van der Waals surface area (Å²) < 4.78 is 30.9. The van der Waals surface area contributed by atoms with Crippen molar-refractivity contribution in [2.45, 2.75) is 11.3 Å². The van der Waals surface area contributed by atoms with E-state index in [2.05, 4.69) is 10.0 Å². The van der Waals surface area contributed by atoms with Crippen LogP contribution in [-0.2, 0) is 19.6 Å². The number of nitro groups is 1. The molecule has 10 heteroatoms. The number of carbonyl (C=O) groups is 1. The lowest BCUT2D eigenvalue weighted by molar-refractivity contribution is -0.384. The van der Waals surface area contributed by atoms with Crippen LogP contribution in [0, 0.1) is 10.1 Å². The van der Waals surface area contributed by atoms with Gasteiger partial charge in [-0.25, -0.2) is 13.1 Å². The van der Waals surface area contributed by atoms with Crippen LogP contribution >= 0.6 is 0 Å². The van der Waals surface area contributed by atoms with Crippen molar-refractivity contribution < 1.29 is 22.9 Å². The lowest BCUT2D eigenvalue weighted by Crippen LogP contribution is -2.35. The molecule has 0 aliphatic rings. The van der Waals surface area contributed by atoms with Crippen molar-refractivity contribution in [2.75, 3.05) is 26.8 Å². The van der Waals surface area contributed by atoms with Gasteiger partial charge in [-0.05, 0) is 12.1 Å².